The number of esters is 1. The molecule has 4 saturated carbocycles. The molecule has 0 spiro atoms. The van der Waals surface area contributed by atoms with Gasteiger partial charge in [-0.3, -0.25) is 14.4 Å². The normalized spacial score (nSPS) is 29.8. The van der Waals surface area contributed by atoms with Gasteiger partial charge in [0.05, 0.1) is 5.41 Å². The standard InChI is InChI=1S/C27H29FN2O4/c1-17(31)30-27-14-18-11-19(15-27)13-26(12-18,16-27)25(33)34-23(20-5-3-2-4-6-20)24(32)29-22-9-7-21(28)8-10-22/h2-10,18-19,23H,11-16H2,1H3,(H,29,32)(H,30,31). The summed E-state index contributed by atoms with van der Waals surface area (Å²) >= 11 is 0. The lowest BCUT2D eigenvalue weighted by Gasteiger charge is -2.60. The maximum absolute atomic E-state index is 13.7. The maximum atomic E-state index is 13.7. The maximum Gasteiger partial charge on any atom is 0.313 e. The molecule has 0 saturated heterocycles. The molecule has 7 heteroatoms. The van der Waals surface area contributed by atoms with Crippen LogP contribution in [0.4, 0.5) is 10.1 Å². The number of anilines is 1. The number of rotatable bonds is 6. The summed E-state index contributed by atoms with van der Waals surface area (Å²) in [4.78, 5) is 38.9. The van der Waals surface area contributed by atoms with Crippen LogP contribution in [0.5, 0.6) is 0 Å². The van der Waals surface area contributed by atoms with Gasteiger partial charge >= 0.3 is 5.97 Å². The zero-order valence-electron chi connectivity index (χ0n) is 19.2. The van der Waals surface area contributed by atoms with Gasteiger partial charge in [-0.05, 0) is 74.6 Å². The van der Waals surface area contributed by atoms with Crippen molar-refractivity contribution >= 4 is 23.5 Å². The molecule has 4 aliphatic carbocycles. The van der Waals surface area contributed by atoms with Crippen LogP contribution in [0.15, 0.2) is 54.6 Å². The van der Waals surface area contributed by atoms with Crippen molar-refractivity contribution < 1.29 is 23.5 Å². The smallest absolute Gasteiger partial charge is 0.313 e. The third kappa shape index (κ3) is 4.31. The van der Waals surface area contributed by atoms with Gasteiger partial charge in [0.15, 0.2) is 0 Å². The first-order chi connectivity index (χ1) is 16.3. The Morgan fingerprint density at radius 2 is 1.62 bits per heavy atom. The molecule has 3 atom stereocenters. The third-order valence-electron chi connectivity index (χ3n) is 7.61. The van der Waals surface area contributed by atoms with Crippen LogP contribution < -0.4 is 10.6 Å². The summed E-state index contributed by atoms with van der Waals surface area (Å²) in [5.41, 5.74) is -0.0805. The molecule has 2 amide bonds. The molecule has 3 unspecified atom stereocenters. The van der Waals surface area contributed by atoms with Crippen LogP contribution in [0.2, 0.25) is 0 Å². The van der Waals surface area contributed by atoms with E-state index < -0.39 is 23.2 Å². The van der Waals surface area contributed by atoms with E-state index in [1.165, 1.54) is 31.2 Å². The van der Waals surface area contributed by atoms with Gasteiger partial charge < -0.3 is 15.4 Å². The van der Waals surface area contributed by atoms with E-state index in [1.54, 1.807) is 24.3 Å². The molecule has 34 heavy (non-hydrogen) atoms. The Morgan fingerprint density at radius 3 is 2.24 bits per heavy atom. The largest absolute Gasteiger partial charge is 0.447 e. The van der Waals surface area contributed by atoms with Crippen LogP contribution in [0.3, 0.4) is 0 Å². The molecule has 6 rings (SSSR count). The predicted octanol–water partition coefficient (Wildman–Crippen LogP) is 4.52. The van der Waals surface area contributed by atoms with Gasteiger partial charge in [0.1, 0.15) is 5.82 Å². The zero-order valence-corrected chi connectivity index (χ0v) is 19.2. The first-order valence-corrected chi connectivity index (χ1v) is 11.9. The van der Waals surface area contributed by atoms with Crippen molar-refractivity contribution in [1.82, 2.24) is 5.32 Å². The molecule has 0 aliphatic heterocycles. The summed E-state index contributed by atoms with van der Waals surface area (Å²) in [7, 11) is 0. The number of hydrogen-bond donors (Lipinski definition) is 2. The van der Waals surface area contributed by atoms with Crippen LogP contribution in [0.1, 0.15) is 57.1 Å². The molecule has 178 valence electrons. The molecule has 0 heterocycles. The highest BCUT2D eigenvalue weighted by atomic mass is 19.1. The summed E-state index contributed by atoms with van der Waals surface area (Å²) < 4.78 is 19.3. The second-order valence-corrected chi connectivity index (χ2v) is 10.4. The van der Waals surface area contributed by atoms with Crippen molar-refractivity contribution in [2.45, 2.75) is 57.1 Å². The number of carbonyl (C=O) groups is 3. The van der Waals surface area contributed by atoms with Crippen molar-refractivity contribution in [2.24, 2.45) is 17.3 Å². The lowest BCUT2D eigenvalue weighted by atomic mass is 9.47. The van der Waals surface area contributed by atoms with Gasteiger partial charge in [0.2, 0.25) is 12.0 Å². The Hall–Kier alpha value is -3.22. The highest BCUT2D eigenvalue weighted by molar-refractivity contribution is 5.96. The number of amides is 2. The first-order valence-electron chi connectivity index (χ1n) is 11.9. The Labute approximate surface area is 198 Å². The fraction of sp³-hybridized carbons (Fsp3) is 0.444. The van der Waals surface area contributed by atoms with Gasteiger partial charge in [-0.15, -0.1) is 0 Å². The van der Waals surface area contributed by atoms with Crippen molar-refractivity contribution in [3.8, 4) is 0 Å². The van der Waals surface area contributed by atoms with E-state index >= 15 is 0 Å². The van der Waals surface area contributed by atoms with E-state index in [1.807, 2.05) is 6.07 Å². The summed E-state index contributed by atoms with van der Waals surface area (Å²) in [6, 6.07) is 14.4. The zero-order chi connectivity index (χ0) is 23.9. The van der Waals surface area contributed by atoms with Crippen molar-refractivity contribution in [3.63, 3.8) is 0 Å². The van der Waals surface area contributed by atoms with Gasteiger partial charge in [-0.1, -0.05) is 30.3 Å². The monoisotopic (exact) mass is 464 g/mol. The van der Waals surface area contributed by atoms with Gasteiger partial charge in [-0.2, -0.15) is 0 Å². The lowest BCUT2D eigenvalue weighted by molar-refractivity contribution is -0.182. The second-order valence-electron chi connectivity index (χ2n) is 10.4. The van der Waals surface area contributed by atoms with Crippen molar-refractivity contribution in [2.75, 3.05) is 5.32 Å². The second kappa shape index (κ2) is 8.53. The number of hydrogen-bond acceptors (Lipinski definition) is 4. The minimum Gasteiger partial charge on any atom is -0.447 e. The molecule has 0 radical (unpaired) electrons. The molecule has 4 aliphatic rings. The molecule has 6 nitrogen and oxygen atoms in total. The summed E-state index contributed by atoms with van der Waals surface area (Å²) in [6.07, 6.45) is 3.73. The molecule has 4 bridgehead atoms. The quantitative estimate of drug-likeness (QED) is 0.616. The van der Waals surface area contributed by atoms with E-state index in [2.05, 4.69) is 10.6 Å². The Bertz CT molecular complexity index is 1090. The van der Waals surface area contributed by atoms with Gasteiger partial charge in [0, 0.05) is 23.7 Å². The van der Waals surface area contributed by atoms with E-state index in [-0.39, 0.29) is 17.4 Å². The highest BCUT2D eigenvalue weighted by Crippen LogP contribution is 2.62. The molecule has 4 fully saturated rings. The topological polar surface area (TPSA) is 84.5 Å². The molecular formula is C27H29FN2O4. The summed E-state index contributed by atoms with van der Waals surface area (Å²) in [5.74, 6) is -0.620. The molecule has 2 N–H and O–H groups in total. The molecule has 0 aromatic heterocycles. The van der Waals surface area contributed by atoms with E-state index in [0.717, 1.165) is 32.1 Å². The third-order valence-corrected chi connectivity index (χ3v) is 7.61. The fourth-order valence-corrected chi connectivity index (χ4v) is 6.89. The summed E-state index contributed by atoms with van der Waals surface area (Å²) in [6.45, 7) is 1.52. The van der Waals surface area contributed by atoms with Gasteiger partial charge in [-0.25, -0.2) is 4.39 Å². The minimum absolute atomic E-state index is 0.0775. The number of ether oxygens (including phenoxy) is 1. The molecule has 2 aromatic rings. The van der Waals surface area contributed by atoms with Crippen LogP contribution in [0, 0.1) is 23.1 Å². The number of nitrogens with one attached hydrogen (secondary N) is 2. The van der Waals surface area contributed by atoms with Crippen LogP contribution >= 0.6 is 0 Å². The number of carbonyl (C=O) groups excluding carboxylic acids is 3. The van der Waals surface area contributed by atoms with Gasteiger partial charge in [0.25, 0.3) is 5.91 Å². The van der Waals surface area contributed by atoms with Crippen molar-refractivity contribution in [3.05, 3.63) is 66.0 Å². The van der Waals surface area contributed by atoms with Crippen LogP contribution in [-0.2, 0) is 19.1 Å². The highest BCUT2D eigenvalue weighted by Gasteiger charge is 2.62. The Morgan fingerprint density at radius 1 is 0.971 bits per heavy atom. The average Bonchev–Trinajstić information content (AvgIpc) is 2.77. The minimum atomic E-state index is -1.14. The lowest BCUT2D eigenvalue weighted by Crippen LogP contribution is -2.64. The molecular weight excluding hydrogens is 435 g/mol. The Balaban J connectivity index is 1.40. The predicted molar refractivity (Wildman–Crippen MR) is 124 cm³/mol. The van der Waals surface area contributed by atoms with Crippen LogP contribution in [-0.4, -0.2) is 23.3 Å². The average molecular weight is 465 g/mol. The van der Waals surface area contributed by atoms with Crippen LogP contribution in [0.25, 0.3) is 0 Å². The SMILES string of the molecule is CC(=O)NC12CC3CC(C1)CC(C(=O)OC(C(=O)Nc1ccc(F)cc1)c1ccccc1)(C3)C2. The number of benzene rings is 2. The van der Waals surface area contributed by atoms with E-state index in [9.17, 15) is 18.8 Å². The Kier molecular flexibility index (Phi) is 5.66. The number of halogens is 1. The van der Waals surface area contributed by atoms with E-state index in [4.69, 9.17) is 4.74 Å². The van der Waals surface area contributed by atoms with Crippen molar-refractivity contribution in [1.29, 1.82) is 0 Å². The fourth-order valence-electron chi connectivity index (χ4n) is 6.89. The molecule has 2 aromatic carbocycles. The van der Waals surface area contributed by atoms with E-state index in [0.29, 0.717) is 29.5 Å². The first kappa shape index (κ1) is 22.6. The summed E-state index contributed by atoms with van der Waals surface area (Å²) in [5, 5.41) is 5.90.